The first-order chi connectivity index (χ1) is 5.65. The van der Waals surface area contributed by atoms with Crippen LogP contribution in [0.2, 0.25) is 0 Å². The summed E-state index contributed by atoms with van der Waals surface area (Å²) in [5, 5.41) is 14.2. The summed E-state index contributed by atoms with van der Waals surface area (Å²) in [5.41, 5.74) is 0.0512. The Labute approximate surface area is 70.2 Å². The fourth-order valence-electron chi connectivity index (χ4n) is 0.850. The second-order valence-electron chi connectivity index (χ2n) is 2.69. The Morgan fingerprint density at radius 3 is 2.92 bits per heavy atom. The van der Waals surface area contributed by atoms with Crippen LogP contribution in [0.15, 0.2) is 12.4 Å². The van der Waals surface area contributed by atoms with Gasteiger partial charge in [0.2, 0.25) is 0 Å². The van der Waals surface area contributed by atoms with Crippen LogP contribution in [-0.2, 0) is 0 Å². The van der Waals surface area contributed by atoms with Crippen molar-refractivity contribution in [2.45, 2.75) is 26.3 Å². The van der Waals surface area contributed by atoms with Crippen LogP contribution in [0.1, 0.15) is 26.3 Å². The number of aromatic nitrogens is 2. The lowest BCUT2D eigenvalue weighted by atomic mass is 10.3. The van der Waals surface area contributed by atoms with Gasteiger partial charge in [0.25, 0.3) is 0 Å². The molecule has 0 fully saturated rings. The van der Waals surface area contributed by atoms with E-state index in [1.54, 1.807) is 4.68 Å². The molecule has 1 unspecified atom stereocenters. The maximum atomic E-state index is 10.3. The molecule has 0 bridgehead atoms. The summed E-state index contributed by atoms with van der Waals surface area (Å²) in [7, 11) is 0. The first-order valence-electron chi connectivity index (χ1n) is 3.83. The van der Waals surface area contributed by atoms with Gasteiger partial charge < -0.3 is 0 Å². The molecule has 1 atom stereocenters. The molecule has 0 aliphatic carbocycles. The largest absolute Gasteiger partial charge is 0.307 e. The second kappa shape index (κ2) is 3.34. The Hall–Kier alpha value is -1.39. The van der Waals surface area contributed by atoms with E-state index in [2.05, 4.69) is 5.10 Å². The first-order valence-corrected chi connectivity index (χ1v) is 3.83. The molecule has 0 aliphatic heterocycles. The van der Waals surface area contributed by atoms with E-state index >= 15 is 0 Å². The van der Waals surface area contributed by atoms with Gasteiger partial charge in [-0.1, -0.05) is 6.92 Å². The van der Waals surface area contributed by atoms with Crippen LogP contribution in [0.25, 0.3) is 0 Å². The molecule has 0 aliphatic rings. The molecule has 12 heavy (non-hydrogen) atoms. The van der Waals surface area contributed by atoms with E-state index < -0.39 is 4.92 Å². The molecule has 0 aromatic carbocycles. The maximum Gasteiger partial charge on any atom is 0.307 e. The van der Waals surface area contributed by atoms with Gasteiger partial charge in [0.05, 0.1) is 4.92 Å². The van der Waals surface area contributed by atoms with E-state index in [1.807, 2.05) is 13.8 Å². The third-order valence-electron chi connectivity index (χ3n) is 1.84. The predicted molar refractivity (Wildman–Crippen MR) is 43.9 cm³/mol. The van der Waals surface area contributed by atoms with Crippen molar-refractivity contribution >= 4 is 5.69 Å². The summed E-state index contributed by atoms with van der Waals surface area (Å²) in [5.74, 6) is 0. The molecule has 0 saturated heterocycles. The summed E-state index contributed by atoms with van der Waals surface area (Å²) in [4.78, 5) is 9.84. The molecule has 0 spiro atoms. The van der Waals surface area contributed by atoms with Crippen LogP contribution in [0, 0.1) is 10.1 Å². The summed E-state index contributed by atoms with van der Waals surface area (Å²) >= 11 is 0. The predicted octanol–water partition coefficient (Wildman–Crippen LogP) is 1.76. The van der Waals surface area contributed by atoms with Gasteiger partial charge in [-0.15, -0.1) is 0 Å². The number of hydrogen-bond acceptors (Lipinski definition) is 3. The van der Waals surface area contributed by atoms with Gasteiger partial charge in [0.15, 0.2) is 0 Å². The van der Waals surface area contributed by atoms with E-state index in [9.17, 15) is 10.1 Å². The van der Waals surface area contributed by atoms with Crippen molar-refractivity contribution in [3.8, 4) is 0 Å². The molecule has 0 saturated carbocycles. The minimum Gasteiger partial charge on any atom is -0.263 e. The van der Waals surface area contributed by atoms with Gasteiger partial charge in [-0.05, 0) is 13.3 Å². The Balaban J connectivity index is 2.84. The fraction of sp³-hybridized carbons (Fsp3) is 0.571. The van der Waals surface area contributed by atoms with E-state index in [0.717, 1.165) is 6.42 Å². The average Bonchev–Trinajstić information content (AvgIpc) is 2.51. The molecular weight excluding hydrogens is 158 g/mol. The molecule has 0 radical (unpaired) electrons. The summed E-state index contributed by atoms with van der Waals surface area (Å²) < 4.78 is 1.61. The monoisotopic (exact) mass is 169 g/mol. The standard InChI is InChI=1S/C7H11N3O2/c1-3-6(2)9-5-7(4-8-9)10(11)12/h4-6H,3H2,1-2H3. The highest BCUT2D eigenvalue weighted by Crippen LogP contribution is 2.14. The Morgan fingerprint density at radius 1 is 1.83 bits per heavy atom. The number of rotatable bonds is 3. The Kier molecular flexibility index (Phi) is 2.42. The van der Waals surface area contributed by atoms with Crippen molar-refractivity contribution < 1.29 is 4.92 Å². The molecule has 1 aromatic heterocycles. The van der Waals surface area contributed by atoms with E-state index in [-0.39, 0.29) is 11.7 Å². The van der Waals surface area contributed by atoms with E-state index in [4.69, 9.17) is 0 Å². The summed E-state index contributed by atoms with van der Waals surface area (Å²) in [6.07, 6.45) is 3.64. The van der Waals surface area contributed by atoms with Gasteiger partial charge in [0, 0.05) is 6.04 Å². The second-order valence-corrected chi connectivity index (χ2v) is 2.69. The molecule has 0 amide bonds. The van der Waals surface area contributed by atoms with Crippen molar-refractivity contribution in [2.75, 3.05) is 0 Å². The van der Waals surface area contributed by atoms with Crippen LogP contribution in [0.3, 0.4) is 0 Å². The molecule has 5 nitrogen and oxygen atoms in total. The van der Waals surface area contributed by atoms with E-state index in [0.29, 0.717) is 0 Å². The minimum absolute atomic E-state index is 0.0512. The van der Waals surface area contributed by atoms with Crippen LogP contribution < -0.4 is 0 Å². The van der Waals surface area contributed by atoms with Gasteiger partial charge in [-0.25, -0.2) is 0 Å². The summed E-state index contributed by atoms with van der Waals surface area (Å²) in [6.45, 7) is 3.98. The zero-order valence-corrected chi connectivity index (χ0v) is 7.10. The normalized spacial score (nSPS) is 12.8. The van der Waals surface area contributed by atoms with Crippen LogP contribution in [0.4, 0.5) is 5.69 Å². The van der Waals surface area contributed by atoms with Gasteiger partial charge in [-0.3, -0.25) is 14.8 Å². The minimum atomic E-state index is -0.439. The Bertz CT molecular complexity index is 282. The van der Waals surface area contributed by atoms with Crippen LogP contribution in [0.5, 0.6) is 0 Å². The van der Waals surface area contributed by atoms with Crippen molar-refractivity contribution in [1.82, 2.24) is 9.78 Å². The van der Waals surface area contributed by atoms with Gasteiger partial charge in [0.1, 0.15) is 12.4 Å². The topological polar surface area (TPSA) is 61.0 Å². The third kappa shape index (κ3) is 1.61. The SMILES string of the molecule is CCC(C)n1cc([N+](=O)[O-])cn1. The van der Waals surface area contributed by atoms with Crippen molar-refractivity contribution in [1.29, 1.82) is 0 Å². The molecule has 1 heterocycles. The first kappa shape index (κ1) is 8.70. The number of nitrogens with zero attached hydrogens (tertiary/aromatic N) is 3. The van der Waals surface area contributed by atoms with Crippen LogP contribution >= 0.6 is 0 Å². The fourth-order valence-corrected chi connectivity index (χ4v) is 0.850. The van der Waals surface area contributed by atoms with Gasteiger partial charge >= 0.3 is 5.69 Å². The maximum absolute atomic E-state index is 10.3. The van der Waals surface area contributed by atoms with Gasteiger partial charge in [-0.2, -0.15) is 5.10 Å². The zero-order chi connectivity index (χ0) is 9.14. The quantitative estimate of drug-likeness (QED) is 0.511. The third-order valence-corrected chi connectivity index (χ3v) is 1.84. The molecular formula is C7H11N3O2. The van der Waals surface area contributed by atoms with E-state index in [1.165, 1.54) is 12.4 Å². The highest BCUT2D eigenvalue weighted by atomic mass is 16.6. The Morgan fingerprint density at radius 2 is 2.50 bits per heavy atom. The van der Waals surface area contributed by atoms with Crippen molar-refractivity contribution in [2.24, 2.45) is 0 Å². The molecule has 1 aromatic rings. The van der Waals surface area contributed by atoms with Crippen molar-refractivity contribution in [3.63, 3.8) is 0 Å². The van der Waals surface area contributed by atoms with Crippen LogP contribution in [-0.4, -0.2) is 14.7 Å². The highest BCUT2D eigenvalue weighted by molar-refractivity contribution is 5.20. The number of nitro groups is 1. The molecule has 5 heteroatoms. The lowest BCUT2D eigenvalue weighted by molar-refractivity contribution is -0.385. The average molecular weight is 169 g/mol. The molecule has 0 N–H and O–H groups in total. The summed E-state index contributed by atoms with van der Waals surface area (Å²) in [6, 6.07) is 0.221. The zero-order valence-electron chi connectivity index (χ0n) is 7.10. The lowest BCUT2D eigenvalue weighted by Crippen LogP contribution is -2.03. The number of hydrogen-bond donors (Lipinski definition) is 0. The lowest BCUT2D eigenvalue weighted by Gasteiger charge is -2.06. The van der Waals surface area contributed by atoms with Crippen molar-refractivity contribution in [3.05, 3.63) is 22.5 Å². The highest BCUT2D eigenvalue weighted by Gasteiger charge is 2.10. The molecule has 1 rings (SSSR count). The molecule has 66 valence electrons. The smallest absolute Gasteiger partial charge is 0.263 e.